The molecule has 2 aromatic rings. The minimum absolute atomic E-state index is 0.0215. The van der Waals surface area contributed by atoms with E-state index in [0.29, 0.717) is 12.3 Å². The third kappa shape index (κ3) is 3.10. The van der Waals surface area contributed by atoms with Gasteiger partial charge >= 0.3 is 11.7 Å². The zero-order valence-corrected chi connectivity index (χ0v) is 9.96. The molecule has 5 heteroatoms. The lowest BCUT2D eigenvalue weighted by Gasteiger charge is -1.99. The smallest absolute Gasteiger partial charge is 0.419 e. The van der Waals surface area contributed by atoms with Crippen LogP contribution in [0, 0.1) is 0 Å². The van der Waals surface area contributed by atoms with Crippen molar-refractivity contribution in [1.29, 1.82) is 0 Å². The van der Waals surface area contributed by atoms with E-state index in [2.05, 4.69) is 0 Å². The Labute approximate surface area is 104 Å². The number of oxazole rings is 1. The fourth-order valence-electron chi connectivity index (χ4n) is 1.55. The van der Waals surface area contributed by atoms with E-state index in [1.807, 2.05) is 30.3 Å². The third-order valence-electron chi connectivity index (χ3n) is 2.37. The van der Waals surface area contributed by atoms with Gasteiger partial charge in [-0.2, -0.15) is 0 Å². The van der Waals surface area contributed by atoms with Crippen molar-refractivity contribution in [1.82, 2.24) is 4.57 Å². The summed E-state index contributed by atoms with van der Waals surface area (Å²) < 4.78 is 11.2. The minimum atomic E-state index is -0.457. The first kappa shape index (κ1) is 12.2. The summed E-state index contributed by atoms with van der Waals surface area (Å²) in [6, 6.07) is 9.56. The van der Waals surface area contributed by atoms with Gasteiger partial charge in [0.25, 0.3) is 0 Å². The van der Waals surface area contributed by atoms with Crippen LogP contribution in [0.25, 0.3) is 0 Å². The third-order valence-corrected chi connectivity index (χ3v) is 2.37. The van der Waals surface area contributed by atoms with Crippen molar-refractivity contribution < 1.29 is 13.9 Å². The van der Waals surface area contributed by atoms with Crippen molar-refractivity contribution >= 4 is 5.97 Å². The van der Waals surface area contributed by atoms with Gasteiger partial charge in [-0.3, -0.25) is 9.36 Å². The molecular weight excluding hydrogens is 234 g/mol. The molecule has 5 nitrogen and oxygen atoms in total. The van der Waals surface area contributed by atoms with E-state index < -0.39 is 11.7 Å². The van der Waals surface area contributed by atoms with Crippen molar-refractivity contribution in [3.8, 4) is 0 Å². The Kier molecular flexibility index (Phi) is 3.62. The van der Waals surface area contributed by atoms with Crippen LogP contribution in [0.2, 0.25) is 0 Å². The summed E-state index contributed by atoms with van der Waals surface area (Å²) in [5, 5.41) is 0. The number of esters is 1. The van der Waals surface area contributed by atoms with Crippen LogP contribution >= 0.6 is 0 Å². The first-order valence-corrected chi connectivity index (χ1v) is 5.51. The number of hydrogen-bond acceptors (Lipinski definition) is 4. The Morgan fingerprint density at radius 2 is 2.06 bits per heavy atom. The van der Waals surface area contributed by atoms with Crippen LogP contribution in [0.15, 0.2) is 45.7 Å². The summed E-state index contributed by atoms with van der Waals surface area (Å²) in [5.41, 5.74) is 0.999. The topological polar surface area (TPSA) is 61.4 Å². The fraction of sp³-hybridized carbons (Fsp3) is 0.231. The van der Waals surface area contributed by atoms with Gasteiger partial charge in [-0.15, -0.1) is 0 Å². The Morgan fingerprint density at radius 3 is 2.72 bits per heavy atom. The van der Waals surface area contributed by atoms with E-state index in [0.717, 1.165) is 5.56 Å². The van der Waals surface area contributed by atoms with Crippen LogP contribution < -0.4 is 5.76 Å². The van der Waals surface area contributed by atoms with Crippen molar-refractivity contribution in [3.05, 3.63) is 58.4 Å². The van der Waals surface area contributed by atoms with Crippen LogP contribution in [0.5, 0.6) is 0 Å². The van der Waals surface area contributed by atoms with Gasteiger partial charge in [-0.05, 0) is 5.56 Å². The second-order valence-electron chi connectivity index (χ2n) is 3.86. The van der Waals surface area contributed by atoms with Crippen molar-refractivity contribution in [2.75, 3.05) is 0 Å². The monoisotopic (exact) mass is 247 g/mol. The molecule has 0 N–H and O–H groups in total. The highest BCUT2D eigenvalue weighted by Gasteiger charge is 2.07. The highest BCUT2D eigenvalue weighted by Crippen LogP contribution is 2.04. The molecule has 1 aromatic carbocycles. The summed E-state index contributed by atoms with van der Waals surface area (Å²) >= 11 is 0. The predicted molar refractivity (Wildman–Crippen MR) is 64.0 cm³/mol. The van der Waals surface area contributed by atoms with E-state index in [1.54, 1.807) is 6.20 Å². The van der Waals surface area contributed by atoms with Crippen LogP contribution in [0.3, 0.4) is 0 Å². The van der Waals surface area contributed by atoms with Crippen LogP contribution in [0.1, 0.15) is 18.2 Å². The highest BCUT2D eigenvalue weighted by molar-refractivity contribution is 5.65. The molecule has 0 atom stereocenters. The maximum absolute atomic E-state index is 11.5. The lowest BCUT2D eigenvalue weighted by molar-refractivity contribution is -0.142. The molecule has 0 aliphatic rings. The molecule has 94 valence electrons. The summed E-state index contributed by atoms with van der Waals surface area (Å²) in [7, 11) is 0. The first-order chi connectivity index (χ1) is 8.65. The lowest BCUT2D eigenvalue weighted by Crippen LogP contribution is -2.13. The van der Waals surface area contributed by atoms with Gasteiger partial charge in [0.15, 0.2) is 12.4 Å². The molecule has 18 heavy (non-hydrogen) atoms. The second kappa shape index (κ2) is 5.35. The maximum Gasteiger partial charge on any atom is 0.419 e. The fourth-order valence-corrected chi connectivity index (χ4v) is 1.55. The van der Waals surface area contributed by atoms with E-state index in [1.165, 1.54) is 11.5 Å². The molecule has 0 radical (unpaired) electrons. The number of aromatic nitrogens is 1. The largest absolute Gasteiger partial charge is 0.458 e. The summed E-state index contributed by atoms with van der Waals surface area (Å²) in [6.45, 7) is 1.72. The number of rotatable bonds is 4. The average molecular weight is 247 g/mol. The molecular formula is C13H13NO4. The molecule has 0 unspecified atom stereocenters. The van der Waals surface area contributed by atoms with Gasteiger partial charge in [-0.25, -0.2) is 4.79 Å². The van der Waals surface area contributed by atoms with Gasteiger partial charge in [0, 0.05) is 6.92 Å². The van der Waals surface area contributed by atoms with E-state index in [-0.39, 0.29) is 6.61 Å². The molecule has 0 aliphatic carbocycles. The number of benzene rings is 1. The first-order valence-electron chi connectivity index (χ1n) is 5.51. The van der Waals surface area contributed by atoms with E-state index >= 15 is 0 Å². The number of carbonyl (C=O) groups excluding carboxylic acids is 1. The van der Waals surface area contributed by atoms with Gasteiger partial charge in [0.05, 0.1) is 12.7 Å². The van der Waals surface area contributed by atoms with Crippen LogP contribution in [-0.2, 0) is 22.7 Å². The molecule has 1 heterocycles. The highest BCUT2D eigenvalue weighted by atomic mass is 16.5. The standard InChI is InChI=1S/C13H13NO4/c1-10(15)17-9-12-8-14(13(16)18-12)7-11-5-3-2-4-6-11/h2-6,8H,7,9H2,1H3. The number of carbonyl (C=O) groups is 1. The van der Waals surface area contributed by atoms with Gasteiger partial charge in [-0.1, -0.05) is 30.3 Å². The quantitative estimate of drug-likeness (QED) is 0.769. The molecule has 0 saturated carbocycles. The summed E-state index contributed by atoms with van der Waals surface area (Å²) in [5.74, 6) is -0.527. The van der Waals surface area contributed by atoms with Crippen molar-refractivity contribution in [3.63, 3.8) is 0 Å². The molecule has 0 aliphatic heterocycles. The van der Waals surface area contributed by atoms with E-state index in [4.69, 9.17) is 9.15 Å². The molecule has 0 saturated heterocycles. The summed E-state index contributed by atoms with van der Waals surface area (Å²) in [6.07, 6.45) is 1.55. The normalized spacial score (nSPS) is 10.3. The molecule has 1 aromatic heterocycles. The summed E-state index contributed by atoms with van der Waals surface area (Å²) in [4.78, 5) is 22.2. The minimum Gasteiger partial charge on any atom is -0.458 e. The average Bonchev–Trinajstić information content (AvgIpc) is 2.69. The van der Waals surface area contributed by atoms with Gasteiger partial charge in [0.2, 0.25) is 0 Å². The Bertz CT molecular complexity index is 583. The van der Waals surface area contributed by atoms with Crippen LogP contribution in [-0.4, -0.2) is 10.5 Å². The number of nitrogens with zero attached hydrogens (tertiary/aromatic N) is 1. The number of hydrogen-bond donors (Lipinski definition) is 0. The molecule has 2 rings (SSSR count). The number of ether oxygens (including phenoxy) is 1. The Balaban J connectivity index is 2.10. The second-order valence-corrected chi connectivity index (χ2v) is 3.86. The van der Waals surface area contributed by atoms with Gasteiger partial charge < -0.3 is 9.15 Å². The molecule has 0 fully saturated rings. The zero-order chi connectivity index (χ0) is 13.0. The molecule has 0 spiro atoms. The lowest BCUT2D eigenvalue weighted by atomic mass is 10.2. The zero-order valence-electron chi connectivity index (χ0n) is 9.96. The van der Waals surface area contributed by atoms with Crippen molar-refractivity contribution in [2.45, 2.75) is 20.1 Å². The maximum atomic E-state index is 11.5. The van der Waals surface area contributed by atoms with Crippen LogP contribution in [0.4, 0.5) is 0 Å². The molecule has 0 amide bonds. The van der Waals surface area contributed by atoms with Crippen molar-refractivity contribution in [2.24, 2.45) is 0 Å². The Hall–Kier alpha value is -2.30. The van der Waals surface area contributed by atoms with Gasteiger partial charge in [0.1, 0.15) is 0 Å². The SMILES string of the molecule is CC(=O)OCc1cn(Cc2ccccc2)c(=O)o1. The predicted octanol–water partition coefficient (Wildman–Crippen LogP) is 1.55. The Morgan fingerprint density at radius 1 is 1.33 bits per heavy atom. The van der Waals surface area contributed by atoms with E-state index in [9.17, 15) is 9.59 Å². The molecule has 0 bridgehead atoms.